The van der Waals surface area contributed by atoms with Crippen molar-refractivity contribution in [3.8, 4) is 0 Å². The molecule has 4 nitrogen and oxygen atoms in total. The number of nitrogens with two attached hydrogens (primary N) is 1. The van der Waals surface area contributed by atoms with Gasteiger partial charge < -0.3 is 16.0 Å². The Hall–Kier alpha value is -2.14. The Kier molecular flexibility index (Phi) is 4.20. The lowest BCUT2D eigenvalue weighted by Crippen LogP contribution is -2.11. The average Bonchev–Trinajstić information content (AvgIpc) is 2.38. The molecule has 0 aliphatic heterocycles. The lowest BCUT2D eigenvalue weighted by atomic mass is 10.2. The maximum absolute atomic E-state index is 5.67. The highest BCUT2D eigenvalue weighted by Crippen LogP contribution is 2.20. The maximum atomic E-state index is 5.67. The van der Waals surface area contributed by atoms with Crippen molar-refractivity contribution in [2.24, 2.45) is 5.73 Å². The molecular formula is C15H18N4S. The van der Waals surface area contributed by atoms with Gasteiger partial charge in [0, 0.05) is 36.7 Å². The monoisotopic (exact) mass is 286 g/mol. The van der Waals surface area contributed by atoms with Gasteiger partial charge in [0.2, 0.25) is 0 Å². The third-order valence-corrected chi connectivity index (χ3v) is 3.13. The van der Waals surface area contributed by atoms with Crippen LogP contribution in [-0.2, 0) is 0 Å². The predicted octanol–water partition coefficient (Wildman–Crippen LogP) is 2.83. The van der Waals surface area contributed by atoms with Gasteiger partial charge in [-0.1, -0.05) is 12.2 Å². The average molecular weight is 286 g/mol. The molecule has 0 amide bonds. The van der Waals surface area contributed by atoms with Crippen LogP contribution in [0.3, 0.4) is 0 Å². The molecule has 20 heavy (non-hydrogen) atoms. The van der Waals surface area contributed by atoms with E-state index in [1.165, 1.54) is 0 Å². The highest BCUT2D eigenvalue weighted by Gasteiger charge is 2.03. The van der Waals surface area contributed by atoms with E-state index in [2.05, 4.69) is 15.2 Å². The number of benzene rings is 1. The van der Waals surface area contributed by atoms with Crippen LogP contribution in [0, 0.1) is 6.92 Å². The van der Waals surface area contributed by atoms with Crippen LogP contribution < -0.4 is 16.0 Å². The van der Waals surface area contributed by atoms with Crippen LogP contribution in [0.2, 0.25) is 0 Å². The molecule has 1 aromatic heterocycles. The normalized spacial score (nSPS) is 10.2. The molecule has 0 aliphatic carbocycles. The van der Waals surface area contributed by atoms with Crippen molar-refractivity contribution in [2.75, 3.05) is 24.3 Å². The number of hydrogen-bond donors (Lipinski definition) is 2. The van der Waals surface area contributed by atoms with Crippen molar-refractivity contribution in [3.63, 3.8) is 0 Å². The van der Waals surface area contributed by atoms with E-state index in [4.69, 9.17) is 18.0 Å². The first-order chi connectivity index (χ1) is 9.45. The van der Waals surface area contributed by atoms with Gasteiger partial charge in [0.05, 0.1) is 0 Å². The summed E-state index contributed by atoms with van der Waals surface area (Å²) in [7, 11) is 4.03. The summed E-state index contributed by atoms with van der Waals surface area (Å²) in [5.41, 5.74) is 9.49. The molecule has 0 saturated carbocycles. The number of nitrogens with zero attached hydrogens (tertiary/aromatic N) is 2. The van der Waals surface area contributed by atoms with Crippen LogP contribution in [0.1, 0.15) is 11.3 Å². The minimum atomic E-state index is 0.376. The number of thiocarbonyl (C=S) groups is 1. The molecule has 0 saturated heterocycles. The molecule has 0 fully saturated rings. The van der Waals surface area contributed by atoms with Crippen LogP contribution >= 0.6 is 12.2 Å². The van der Waals surface area contributed by atoms with E-state index in [9.17, 15) is 0 Å². The maximum Gasteiger partial charge on any atom is 0.131 e. The summed E-state index contributed by atoms with van der Waals surface area (Å²) >= 11 is 5.01. The number of pyridine rings is 1. The zero-order chi connectivity index (χ0) is 14.7. The number of aryl methyl sites for hydroxylation is 1. The number of nitrogens with one attached hydrogen (secondary N) is 1. The number of rotatable bonds is 4. The number of hydrogen-bond acceptors (Lipinski definition) is 4. The van der Waals surface area contributed by atoms with E-state index in [0.717, 1.165) is 28.5 Å². The van der Waals surface area contributed by atoms with E-state index in [1.807, 2.05) is 57.4 Å². The molecule has 1 heterocycles. The third kappa shape index (κ3) is 3.45. The summed E-state index contributed by atoms with van der Waals surface area (Å²) < 4.78 is 0. The highest BCUT2D eigenvalue weighted by atomic mass is 32.1. The van der Waals surface area contributed by atoms with Gasteiger partial charge in [0.15, 0.2) is 0 Å². The van der Waals surface area contributed by atoms with Crippen molar-refractivity contribution in [1.29, 1.82) is 0 Å². The molecule has 1 aromatic carbocycles. The van der Waals surface area contributed by atoms with Gasteiger partial charge >= 0.3 is 0 Å². The molecule has 0 spiro atoms. The topological polar surface area (TPSA) is 54.2 Å². The lowest BCUT2D eigenvalue weighted by Gasteiger charge is -2.13. The fourth-order valence-electron chi connectivity index (χ4n) is 1.87. The van der Waals surface area contributed by atoms with Gasteiger partial charge in [-0.05, 0) is 43.3 Å². The van der Waals surface area contributed by atoms with Crippen molar-refractivity contribution < 1.29 is 0 Å². The van der Waals surface area contributed by atoms with E-state index in [0.29, 0.717) is 4.99 Å². The van der Waals surface area contributed by atoms with Crippen molar-refractivity contribution in [2.45, 2.75) is 6.92 Å². The summed E-state index contributed by atoms with van der Waals surface area (Å²) in [5.74, 6) is 0.741. The molecule has 5 heteroatoms. The van der Waals surface area contributed by atoms with Crippen LogP contribution in [0.5, 0.6) is 0 Å². The molecule has 104 valence electrons. The van der Waals surface area contributed by atoms with Crippen molar-refractivity contribution in [1.82, 2.24) is 4.98 Å². The predicted molar refractivity (Wildman–Crippen MR) is 88.9 cm³/mol. The molecule has 3 N–H and O–H groups in total. The van der Waals surface area contributed by atoms with Gasteiger partial charge in [0.25, 0.3) is 0 Å². The zero-order valence-electron chi connectivity index (χ0n) is 11.8. The molecule has 0 unspecified atom stereocenters. The van der Waals surface area contributed by atoms with E-state index >= 15 is 0 Å². The van der Waals surface area contributed by atoms with Gasteiger partial charge in [-0.2, -0.15) is 0 Å². The standard InChI is InChI=1S/C15H18N4S/c1-10-8-11(15(16)20)9-14(17-10)18-12-4-6-13(7-5-12)19(2)3/h4-9H,1-3H3,(H2,16,20)(H,17,18). The molecule has 0 atom stereocenters. The molecule has 0 radical (unpaired) electrons. The number of aromatic nitrogens is 1. The van der Waals surface area contributed by atoms with E-state index in [1.54, 1.807) is 0 Å². The molecule has 2 rings (SSSR count). The van der Waals surface area contributed by atoms with Crippen LogP contribution in [0.25, 0.3) is 0 Å². The Morgan fingerprint density at radius 2 is 1.85 bits per heavy atom. The molecular weight excluding hydrogens is 268 g/mol. The van der Waals surface area contributed by atoms with Crippen molar-refractivity contribution in [3.05, 3.63) is 47.7 Å². The van der Waals surface area contributed by atoms with Gasteiger partial charge in [-0.15, -0.1) is 0 Å². The minimum absolute atomic E-state index is 0.376. The quantitative estimate of drug-likeness (QED) is 0.847. The Bertz CT molecular complexity index is 620. The second kappa shape index (κ2) is 5.88. The van der Waals surface area contributed by atoms with Crippen molar-refractivity contribution >= 4 is 34.4 Å². The molecule has 0 bridgehead atoms. The van der Waals surface area contributed by atoms with E-state index < -0.39 is 0 Å². The molecule has 0 aliphatic rings. The third-order valence-electron chi connectivity index (χ3n) is 2.89. The van der Waals surface area contributed by atoms with Gasteiger partial charge in [-0.25, -0.2) is 4.98 Å². The van der Waals surface area contributed by atoms with Crippen LogP contribution in [0.15, 0.2) is 36.4 Å². The fraction of sp³-hybridized carbons (Fsp3) is 0.200. The Labute approximate surface area is 124 Å². The minimum Gasteiger partial charge on any atom is -0.389 e. The summed E-state index contributed by atoms with van der Waals surface area (Å²) in [6.45, 7) is 1.92. The fourth-order valence-corrected chi connectivity index (χ4v) is 1.98. The number of anilines is 3. The van der Waals surface area contributed by atoms with Gasteiger partial charge in [-0.3, -0.25) is 0 Å². The Balaban J connectivity index is 2.23. The van der Waals surface area contributed by atoms with Gasteiger partial charge in [0.1, 0.15) is 10.8 Å². The first-order valence-corrected chi connectivity index (χ1v) is 6.69. The molecule has 2 aromatic rings. The van der Waals surface area contributed by atoms with E-state index in [-0.39, 0.29) is 0 Å². The first kappa shape index (κ1) is 14.3. The second-order valence-electron chi connectivity index (χ2n) is 4.81. The smallest absolute Gasteiger partial charge is 0.131 e. The summed E-state index contributed by atoms with van der Waals surface area (Å²) in [5, 5.41) is 3.26. The Morgan fingerprint density at radius 3 is 2.40 bits per heavy atom. The Morgan fingerprint density at radius 1 is 1.20 bits per heavy atom. The summed E-state index contributed by atoms with van der Waals surface area (Å²) in [6.07, 6.45) is 0. The van der Waals surface area contributed by atoms with Crippen LogP contribution in [0.4, 0.5) is 17.2 Å². The summed E-state index contributed by atoms with van der Waals surface area (Å²) in [4.78, 5) is 6.86. The summed E-state index contributed by atoms with van der Waals surface area (Å²) in [6, 6.07) is 11.9. The SMILES string of the molecule is Cc1cc(C(N)=S)cc(Nc2ccc(N(C)C)cc2)n1. The lowest BCUT2D eigenvalue weighted by molar-refractivity contribution is 1.13. The second-order valence-corrected chi connectivity index (χ2v) is 5.25. The first-order valence-electron chi connectivity index (χ1n) is 6.28. The highest BCUT2D eigenvalue weighted by molar-refractivity contribution is 7.80. The van der Waals surface area contributed by atoms with Crippen LogP contribution in [-0.4, -0.2) is 24.1 Å². The zero-order valence-corrected chi connectivity index (χ0v) is 12.7. The largest absolute Gasteiger partial charge is 0.389 e.